The number of rotatable bonds is 18. The normalized spacial score (nSPS) is 11.2. The number of hydrogen-bond donors (Lipinski definition) is 0. The molecule has 0 aromatic carbocycles. The summed E-state index contributed by atoms with van der Waals surface area (Å²) in [7, 11) is 0. The van der Waals surface area contributed by atoms with E-state index in [1.165, 1.54) is 101 Å². The van der Waals surface area contributed by atoms with Gasteiger partial charge >= 0.3 is 0 Å². The molecule has 0 fully saturated rings. The molecule has 2 aromatic heterocycles. The molecule has 0 unspecified atom stereocenters. The zero-order valence-corrected chi connectivity index (χ0v) is 21.9. The number of nitrogens with zero attached hydrogens (tertiary/aromatic N) is 3. The van der Waals surface area contributed by atoms with Gasteiger partial charge in [0.05, 0.1) is 12.1 Å². The maximum Gasteiger partial charge on any atom is 0.169 e. The van der Waals surface area contributed by atoms with Crippen LogP contribution in [0.15, 0.2) is 36.7 Å². The summed E-state index contributed by atoms with van der Waals surface area (Å²) in [5.41, 5.74) is 1.16. The first-order chi connectivity index (χ1) is 16.8. The second-order valence-corrected chi connectivity index (χ2v) is 10.4. The van der Waals surface area contributed by atoms with Gasteiger partial charge in [0.1, 0.15) is 6.54 Å². The Morgan fingerprint density at radius 2 is 1.26 bits per heavy atom. The fourth-order valence-corrected chi connectivity index (χ4v) is 5.07. The lowest BCUT2D eigenvalue weighted by Crippen LogP contribution is -2.32. The molecule has 182 valence electrons. The largest absolute Gasteiger partial charge is 0.205 e. The van der Waals surface area contributed by atoms with Crippen LogP contribution in [0.25, 0.3) is 12.2 Å². The third-order valence-corrected chi connectivity index (χ3v) is 7.43. The molecule has 0 aliphatic carbocycles. The third-order valence-electron chi connectivity index (χ3n) is 6.32. The summed E-state index contributed by atoms with van der Waals surface area (Å²) in [6.07, 6.45) is 28.0. The Balaban J connectivity index is 1.52. The topological polar surface area (TPSA) is 51.5 Å². The van der Waals surface area contributed by atoms with Gasteiger partial charge < -0.3 is 0 Å². The maximum absolute atomic E-state index is 9.01. The molecule has 0 bridgehead atoms. The summed E-state index contributed by atoms with van der Waals surface area (Å²) >= 11 is 1.50. The minimum absolute atomic E-state index is 0.669. The van der Waals surface area contributed by atoms with Crippen LogP contribution in [0.5, 0.6) is 0 Å². The number of thiophene rings is 1. The van der Waals surface area contributed by atoms with Crippen molar-refractivity contribution in [3.8, 4) is 12.1 Å². The van der Waals surface area contributed by atoms with Crippen LogP contribution in [0.2, 0.25) is 0 Å². The van der Waals surface area contributed by atoms with Crippen LogP contribution < -0.4 is 4.57 Å². The molecule has 0 radical (unpaired) electrons. The zero-order chi connectivity index (χ0) is 24.3. The van der Waals surface area contributed by atoms with Gasteiger partial charge in [-0.05, 0) is 30.2 Å². The summed E-state index contributed by atoms with van der Waals surface area (Å²) < 4.78 is 2.27. The first-order valence-electron chi connectivity index (χ1n) is 13.3. The lowest BCUT2D eigenvalue weighted by atomic mass is 10.0. The zero-order valence-electron chi connectivity index (χ0n) is 21.1. The van der Waals surface area contributed by atoms with Gasteiger partial charge in [0.2, 0.25) is 0 Å². The molecule has 0 amide bonds. The Kier molecular flexibility index (Phi) is 14.7. The van der Waals surface area contributed by atoms with Crippen LogP contribution in [0.4, 0.5) is 0 Å². The SMILES string of the molecule is CCCCCCCCCCCCCCCC[n+]1ccc(/C=C/c2ccc(C(C#N)C#N)s2)cc1. The Morgan fingerprint density at radius 1 is 0.735 bits per heavy atom. The van der Waals surface area contributed by atoms with Crippen molar-refractivity contribution in [2.45, 2.75) is 109 Å². The van der Waals surface area contributed by atoms with E-state index in [1.807, 2.05) is 30.3 Å². The summed E-state index contributed by atoms with van der Waals surface area (Å²) in [6.45, 7) is 3.37. The molecule has 2 aromatic rings. The summed E-state index contributed by atoms with van der Waals surface area (Å²) in [6, 6.07) is 12.2. The average Bonchev–Trinajstić information content (AvgIpc) is 3.33. The minimum Gasteiger partial charge on any atom is -0.205 e. The van der Waals surface area contributed by atoms with Crippen molar-refractivity contribution < 1.29 is 4.57 Å². The molecule has 0 atom stereocenters. The van der Waals surface area contributed by atoms with Crippen LogP contribution in [0.3, 0.4) is 0 Å². The van der Waals surface area contributed by atoms with E-state index in [4.69, 9.17) is 10.5 Å². The van der Waals surface area contributed by atoms with Crippen molar-refractivity contribution in [1.82, 2.24) is 0 Å². The first kappa shape index (κ1) is 27.8. The van der Waals surface area contributed by atoms with Crippen molar-refractivity contribution in [3.05, 3.63) is 52.0 Å². The van der Waals surface area contributed by atoms with Gasteiger partial charge in [0.25, 0.3) is 0 Å². The molecule has 4 heteroatoms. The monoisotopic (exact) mass is 476 g/mol. The number of hydrogen-bond acceptors (Lipinski definition) is 3. The highest BCUT2D eigenvalue weighted by molar-refractivity contribution is 7.13. The van der Waals surface area contributed by atoms with Crippen LogP contribution in [0.1, 0.15) is 118 Å². The Bertz CT molecular complexity index is 884. The van der Waals surface area contributed by atoms with E-state index >= 15 is 0 Å². The lowest BCUT2D eigenvalue weighted by Gasteiger charge is -2.03. The van der Waals surface area contributed by atoms with E-state index in [0.717, 1.165) is 21.9 Å². The molecule has 0 saturated heterocycles. The lowest BCUT2D eigenvalue weighted by molar-refractivity contribution is -0.697. The smallest absolute Gasteiger partial charge is 0.169 e. The number of unbranched alkanes of at least 4 members (excludes halogenated alkanes) is 13. The van der Waals surface area contributed by atoms with Gasteiger partial charge in [-0.25, -0.2) is 4.57 Å². The molecule has 3 nitrogen and oxygen atoms in total. The van der Waals surface area contributed by atoms with E-state index in [-0.39, 0.29) is 0 Å². The molecule has 0 spiro atoms. The molecular formula is C30H42N3S+. The quantitative estimate of drug-likeness (QED) is 0.159. The van der Waals surface area contributed by atoms with E-state index in [1.54, 1.807) is 0 Å². The van der Waals surface area contributed by atoms with E-state index in [0.29, 0.717) is 0 Å². The van der Waals surface area contributed by atoms with Gasteiger partial charge in [-0.1, -0.05) is 90.0 Å². The van der Waals surface area contributed by atoms with Crippen LogP contribution in [0, 0.1) is 22.7 Å². The van der Waals surface area contributed by atoms with Gasteiger partial charge in [-0.2, -0.15) is 10.5 Å². The van der Waals surface area contributed by atoms with Gasteiger partial charge in [-0.15, -0.1) is 11.3 Å². The average molecular weight is 477 g/mol. The van der Waals surface area contributed by atoms with E-state index in [9.17, 15) is 0 Å². The molecular weight excluding hydrogens is 434 g/mol. The summed E-state index contributed by atoms with van der Waals surface area (Å²) in [4.78, 5) is 1.87. The van der Waals surface area contributed by atoms with Crippen LogP contribution in [-0.4, -0.2) is 0 Å². The molecule has 2 rings (SSSR count). The van der Waals surface area contributed by atoms with Gasteiger partial charge in [-0.3, -0.25) is 0 Å². The molecule has 0 N–H and O–H groups in total. The fraction of sp³-hybridized carbons (Fsp3) is 0.567. The predicted octanol–water partition coefficient (Wildman–Crippen LogP) is 8.82. The van der Waals surface area contributed by atoms with Crippen molar-refractivity contribution in [2.24, 2.45) is 0 Å². The van der Waals surface area contributed by atoms with Crippen molar-refractivity contribution in [3.63, 3.8) is 0 Å². The highest BCUT2D eigenvalue weighted by Crippen LogP contribution is 2.25. The number of nitriles is 2. The van der Waals surface area contributed by atoms with Crippen LogP contribution >= 0.6 is 11.3 Å². The summed E-state index contributed by atoms with van der Waals surface area (Å²) in [5, 5.41) is 18.0. The Labute approximate surface area is 211 Å². The number of aryl methyl sites for hydroxylation is 1. The Morgan fingerprint density at radius 3 is 1.79 bits per heavy atom. The van der Waals surface area contributed by atoms with Gasteiger partial charge in [0.15, 0.2) is 18.3 Å². The highest BCUT2D eigenvalue weighted by Gasteiger charge is 2.11. The van der Waals surface area contributed by atoms with Crippen molar-refractivity contribution >= 4 is 23.5 Å². The van der Waals surface area contributed by atoms with E-state index < -0.39 is 5.92 Å². The standard InChI is InChI=1S/C30H42N3S/c1-2-3-4-5-6-7-8-9-10-11-12-13-14-15-22-33-23-20-27(21-24-33)16-17-29-18-19-30(34-29)28(25-31)26-32/h16-21,23-24,28H,2-15,22H2,1H3/q+1/b17-16+. The van der Waals surface area contributed by atoms with Crippen molar-refractivity contribution in [1.29, 1.82) is 10.5 Å². The number of pyridine rings is 1. The van der Waals surface area contributed by atoms with E-state index in [2.05, 4.69) is 42.1 Å². The predicted molar refractivity (Wildman–Crippen MR) is 144 cm³/mol. The second kappa shape index (κ2) is 18.0. The maximum atomic E-state index is 9.01. The molecule has 0 saturated carbocycles. The third kappa shape index (κ3) is 11.6. The number of aromatic nitrogens is 1. The molecule has 2 heterocycles. The molecule has 34 heavy (non-hydrogen) atoms. The Hall–Kier alpha value is -2.43. The minimum atomic E-state index is -0.669. The second-order valence-electron chi connectivity index (χ2n) is 9.23. The summed E-state index contributed by atoms with van der Waals surface area (Å²) in [5.74, 6) is -0.669. The first-order valence-corrected chi connectivity index (χ1v) is 14.1. The molecule has 0 aliphatic heterocycles. The fourth-order valence-electron chi connectivity index (χ4n) is 4.17. The van der Waals surface area contributed by atoms with Gasteiger partial charge in [0, 0.05) is 28.3 Å². The highest BCUT2D eigenvalue weighted by atomic mass is 32.1. The van der Waals surface area contributed by atoms with Crippen molar-refractivity contribution in [2.75, 3.05) is 0 Å². The molecule has 0 aliphatic rings. The van der Waals surface area contributed by atoms with Crippen LogP contribution in [-0.2, 0) is 6.54 Å².